The number of nitrogens with one attached hydrogen (secondary N) is 1. The number of halogens is 1. The van der Waals surface area contributed by atoms with E-state index >= 15 is 0 Å². The number of hydrogen-bond donors (Lipinski definition) is 3. The largest absolute Gasteiger partial charge is 0.398 e. The van der Waals surface area contributed by atoms with Gasteiger partial charge >= 0.3 is 0 Å². The molecule has 20 heavy (non-hydrogen) atoms. The van der Waals surface area contributed by atoms with Gasteiger partial charge in [0.25, 0.3) is 0 Å². The summed E-state index contributed by atoms with van der Waals surface area (Å²) in [6.45, 7) is 5.94. The van der Waals surface area contributed by atoms with Crippen LogP contribution in [0.15, 0.2) is 27.6 Å². The van der Waals surface area contributed by atoms with Crippen LogP contribution in [-0.4, -0.2) is 26.2 Å². The molecule has 0 aliphatic heterocycles. The van der Waals surface area contributed by atoms with Gasteiger partial charge in [-0.25, -0.2) is 13.1 Å². The molecule has 114 valence electrons. The molecule has 0 radical (unpaired) electrons. The highest BCUT2D eigenvalue weighted by Gasteiger charge is 2.20. The molecule has 1 rings (SSSR count). The number of aliphatic hydroxyl groups is 1. The van der Waals surface area contributed by atoms with Crippen molar-refractivity contribution in [3.8, 4) is 0 Å². The Labute approximate surface area is 128 Å². The predicted molar refractivity (Wildman–Crippen MR) is 83.8 cm³/mol. The van der Waals surface area contributed by atoms with Crippen molar-refractivity contribution in [2.75, 3.05) is 12.3 Å². The number of aliphatic hydroxyl groups excluding tert-OH is 1. The number of nitrogen functional groups attached to an aromatic ring is 1. The quantitative estimate of drug-likeness (QED) is 0.697. The Hall–Kier alpha value is -0.630. The third-order valence-corrected chi connectivity index (χ3v) is 4.78. The number of sulfonamides is 1. The van der Waals surface area contributed by atoms with Crippen LogP contribution >= 0.6 is 15.9 Å². The molecule has 1 aromatic carbocycles. The lowest BCUT2D eigenvalue weighted by atomic mass is 9.89. The normalized spacial score (nSPS) is 14.2. The Bertz CT molecular complexity index is 567. The molecule has 0 aliphatic carbocycles. The molecule has 0 bridgehead atoms. The van der Waals surface area contributed by atoms with Gasteiger partial charge in [-0.05, 0) is 46.0 Å². The lowest BCUT2D eigenvalue weighted by Gasteiger charge is -2.22. The van der Waals surface area contributed by atoms with Crippen molar-refractivity contribution in [2.45, 2.75) is 38.2 Å². The minimum atomic E-state index is -3.66. The molecule has 5 nitrogen and oxygen atoms in total. The Kier molecular flexibility index (Phi) is 5.60. The van der Waals surface area contributed by atoms with Crippen LogP contribution in [0.25, 0.3) is 0 Å². The first-order chi connectivity index (χ1) is 9.01. The SMILES string of the molecule is CC(C)(C)CC(O)CNS(=O)(=O)c1ccc(Br)c(N)c1. The van der Waals surface area contributed by atoms with Crippen molar-refractivity contribution in [2.24, 2.45) is 5.41 Å². The van der Waals surface area contributed by atoms with Crippen molar-refractivity contribution < 1.29 is 13.5 Å². The van der Waals surface area contributed by atoms with E-state index in [0.29, 0.717) is 16.6 Å². The van der Waals surface area contributed by atoms with Crippen molar-refractivity contribution in [1.82, 2.24) is 4.72 Å². The summed E-state index contributed by atoms with van der Waals surface area (Å²) in [5.74, 6) is 0. The van der Waals surface area contributed by atoms with Gasteiger partial charge in [-0.15, -0.1) is 0 Å². The van der Waals surface area contributed by atoms with Crippen LogP contribution in [0.3, 0.4) is 0 Å². The van der Waals surface area contributed by atoms with Crippen molar-refractivity contribution in [3.05, 3.63) is 22.7 Å². The first-order valence-electron chi connectivity index (χ1n) is 6.24. The van der Waals surface area contributed by atoms with E-state index in [1.54, 1.807) is 6.07 Å². The van der Waals surface area contributed by atoms with Crippen LogP contribution < -0.4 is 10.5 Å². The van der Waals surface area contributed by atoms with E-state index in [1.165, 1.54) is 12.1 Å². The molecule has 0 saturated carbocycles. The van der Waals surface area contributed by atoms with Gasteiger partial charge in [0.05, 0.1) is 11.0 Å². The standard InChI is InChI=1S/C13H21BrN2O3S/c1-13(2,3)7-9(17)8-16-20(18,19)10-4-5-11(14)12(15)6-10/h4-6,9,16-17H,7-8,15H2,1-3H3. The maximum absolute atomic E-state index is 12.1. The summed E-state index contributed by atoms with van der Waals surface area (Å²) in [7, 11) is -3.66. The summed E-state index contributed by atoms with van der Waals surface area (Å²) in [5.41, 5.74) is 5.96. The lowest BCUT2D eigenvalue weighted by Crippen LogP contribution is -2.34. The molecule has 0 amide bonds. The van der Waals surface area contributed by atoms with Crippen LogP contribution in [0.4, 0.5) is 5.69 Å². The molecular formula is C13H21BrN2O3S. The number of benzene rings is 1. The molecule has 7 heteroatoms. The monoisotopic (exact) mass is 364 g/mol. The average molecular weight is 365 g/mol. The molecule has 0 aromatic heterocycles. The molecule has 0 spiro atoms. The highest BCUT2D eigenvalue weighted by atomic mass is 79.9. The zero-order valence-electron chi connectivity index (χ0n) is 11.9. The van der Waals surface area contributed by atoms with E-state index in [9.17, 15) is 13.5 Å². The molecule has 0 heterocycles. The van der Waals surface area contributed by atoms with E-state index in [0.717, 1.165) is 0 Å². The third-order valence-electron chi connectivity index (χ3n) is 2.63. The van der Waals surface area contributed by atoms with E-state index < -0.39 is 16.1 Å². The first kappa shape index (κ1) is 17.4. The fourth-order valence-electron chi connectivity index (χ4n) is 1.76. The summed E-state index contributed by atoms with van der Waals surface area (Å²) in [5, 5.41) is 9.83. The van der Waals surface area contributed by atoms with Crippen molar-refractivity contribution in [3.63, 3.8) is 0 Å². The van der Waals surface area contributed by atoms with Crippen LogP contribution in [0.1, 0.15) is 27.2 Å². The number of nitrogens with two attached hydrogens (primary N) is 1. The van der Waals surface area contributed by atoms with Crippen LogP contribution in [0, 0.1) is 5.41 Å². The molecule has 1 atom stereocenters. The Morgan fingerprint density at radius 3 is 2.50 bits per heavy atom. The van der Waals surface area contributed by atoms with E-state index in [4.69, 9.17) is 5.73 Å². The van der Waals surface area contributed by atoms with E-state index in [1.807, 2.05) is 20.8 Å². The number of anilines is 1. The van der Waals surface area contributed by atoms with Gasteiger partial charge in [0.15, 0.2) is 0 Å². The molecule has 1 aromatic rings. The summed E-state index contributed by atoms with van der Waals surface area (Å²) in [6, 6.07) is 4.41. The molecule has 0 fully saturated rings. The highest BCUT2D eigenvalue weighted by Crippen LogP contribution is 2.23. The maximum atomic E-state index is 12.1. The lowest BCUT2D eigenvalue weighted by molar-refractivity contribution is 0.125. The van der Waals surface area contributed by atoms with E-state index in [-0.39, 0.29) is 16.9 Å². The number of rotatable bonds is 5. The van der Waals surface area contributed by atoms with Gasteiger partial charge in [-0.1, -0.05) is 20.8 Å². The van der Waals surface area contributed by atoms with Gasteiger partial charge < -0.3 is 10.8 Å². The zero-order chi connectivity index (χ0) is 15.6. The van der Waals surface area contributed by atoms with Crippen molar-refractivity contribution >= 4 is 31.6 Å². The molecular weight excluding hydrogens is 344 g/mol. The Morgan fingerprint density at radius 2 is 2.00 bits per heavy atom. The molecule has 1 unspecified atom stereocenters. The number of hydrogen-bond acceptors (Lipinski definition) is 4. The highest BCUT2D eigenvalue weighted by molar-refractivity contribution is 9.10. The second-order valence-corrected chi connectivity index (χ2v) is 8.58. The van der Waals surface area contributed by atoms with Gasteiger partial charge in [0.2, 0.25) is 10.0 Å². The fourth-order valence-corrected chi connectivity index (χ4v) is 3.11. The summed E-state index contributed by atoms with van der Waals surface area (Å²) in [4.78, 5) is 0.0844. The zero-order valence-corrected chi connectivity index (χ0v) is 14.3. The second-order valence-electron chi connectivity index (χ2n) is 5.95. The van der Waals surface area contributed by atoms with Crippen molar-refractivity contribution in [1.29, 1.82) is 0 Å². The Balaban J connectivity index is 2.73. The molecule has 0 aliphatic rings. The summed E-state index contributed by atoms with van der Waals surface area (Å²) in [6.07, 6.45) is -0.213. The van der Waals surface area contributed by atoms with Gasteiger partial charge in [0.1, 0.15) is 0 Å². The first-order valence-corrected chi connectivity index (χ1v) is 8.52. The van der Waals surface area contributed by atoms with Gasteiger partial charge in [-0.3, -0.25) is 0 Å². The minimum Gasteiger partial charge on any atom is -0.398 e. The molecule has 0 saturated heterocycles. The maximum Gasteiger partial charge on any atom is 0.240 e. The third kappa shape index (κ3) is 5.40. The van der Waals surface area contributed by atoms with Crippen LogP contribution in [0.5, 0.6) is 0 Å². The van der Waals surface area contributed by atoms with Crippen LogP contribution in [0.2, 0.25) is 0 Å². The van der Waals surface area contributed by atoms with Crippen LogP contribution in [-0.2, 0) is 10.0 Å². The summed E-state index contributed by atoms with van der Waals surface area (Å²) < 4.78 is 27.2. The predicted octanol–water partition coefficient (Wildman–Crippen LogP) is 2.11. The second kappa shape index (κ2) is 6.43. The fraction of sp³-hybridized carbons (Fsp3) is 0.538. The minimum absolute atomic E-state index is 0.0183. The van der Waals surface area contributed by atoms with Gasteiger partial charge in [0, 0.05) is 16.7 Å². The van der Waals surface area contributed by atoms with Gasteiger partial charge in [-0.2, -0.15) is 0 Å². The average Bonchev–Trinajstić information content (AvgIpc) is 2.28. The smallest absolute Gasteiger partial charge is 0.240 e. The Morgan fingerprint density at radius 1 is 1.40 bits per heavy atom. The van der Waals surface area contributed by atoms with E-state index in [2.05, 4.69) is 20.7 Å². The molecule has 4 N–H and O–H groups in total. The topological polar surface area (TPSA) is 92.4 Å². The summed E-state index contributed by atoms with van der Waals surface area (Å²) >= 11 is 3.21.